The molecule has 0 radical (unpaired) electrons. The molecule has 1 aromatic carbocycles. The molecule has 3 rings (SSSR count). The lowest BCUT2D eigenvalue weighted by Gasteiger charge is -2.14. The number of nitrogens with zero attached hydrogens (tertiary/aromatic N) is 2. The molecular formula is C18H23N3O. The highest BCUT2D eigenvalue weighted by molar-refractivity contribution is 5.97. The second-order valence-electron chi connectivity index (χ2n) is 6.45. The van der Waals surface area contributed by atoms with Gasteiger partial charge in [-0.2, -0.15) is 5.10 Å². The molecule has 22 heavy (non-hydrogen) atoms. The number of rotatable bonds is 4. The van der Waals surface area contributed by atoms with E-state index in [0.29, 0.717) is 6.04 Å². The molecule has 116 valence electrons. The van der Waals surface area contributed by atoms with E-state index >= 15 is 0 Å². The fourth-order valence-corrected chi connectivity index (χ4v) is 2.83. The predicted octanol–water partition coefficient (Wildman–Crippen LogP) is 3.50. The molecule has 1 aromatic heterocycles. The molecule has 1 aliphatic carbocycles. The lowest BCUT2D eigenvalue weighted by Crippen LogP contribution is -2.27. The van der Waals surface area contributed by atoms with Gasteiger partial charge in [-0.1, -0.05) is 32.0 Å². The van der Waals surface area contributed by atoms with Crippen molar-refractivity contribution in [2.45, 2.75) is 52.5 Å². The second-order valence-corrected chi connectivity index (χ2v) is 6.45. The molecule has 1 saturated carbocycles. The molecule has 0 spiro atoms. The minimum Gasteiger partial charge on any atom is -0.349 e. The molecule has 0 atom stereocenters. The molecular weight excluding hydrogens is 274 g/mol. The molecule has 1 amide bonds. The first kappa shape index (κ1) is 14.8. The number of carbonyl (C=O) groups excluding carboxylic acids is 1. The van der Waals surface area contributed by atoms with Crippen molar-refractivity contribution < 1.29 is 4.79 Å². The Labute approximate surface area is 131 Å². The van der Waals surface area contributed by atoms with Gasteiger partial charge in [0.15, 0.2) is 0 Å². The summed E-state index contributed by atoms with van der Waals surface area (Å²) >= 11 is 0. The summed E-state index contributed by atoms with van der Waals surface area (Å²) in [6.45, 7) is 8.21. The fourth-order valence-electron chi connectivity index (χ4n) is 2.83. The SMILES string of the molecule is Cc1ccccc1-n1nc(C)c(C(=O)NC2CC2)c1C(C)C. The highest BCUT2D eigenvalue weighted by atomic mass is 16.1. The van der Waals surface area contributed by atoms with E-state index in [1.54, 1.807) is 0 Å². The van der Waals surface area contributed by atoms with Crippen LogP contribution in [-0.2, 0) is 0 Å². The zero-order valence-corrected chi connectivity index (χ0v) is 13.7. The number of para-hydroxylation sites is 1. The summed E-state index contributed by atoms with van der Waals surface area (Å²) in [7, 11) is 0. The maximum Gasteiger partial charge on any atom is 0.255 e. The van der Waals surface area contributed by atoms with Gasteiger partial charge in [0.05, 0.1) is 22.6 Å². The zero-order chi connectivity index (χ0) is 15.9. The van der Waals surface area contributed by atoms with Crippen LogP contribution in [0.5, 0.6) is 0 Å². The van der Waals surface area contributed by atoms with Crippen LogP contribution in [0.4, 0.5) is 0 Å². The molecule has 4 heteroatoms. The van der Waals surface area contributed by atoms with Gasteiger partial charge in [-0.25, -0.2) is 4.68 Å². The molecule has 1 aliphatic rings. The Morgan fingerprint density at radius 3 is 2.55 bits per heavy atom. The monoisotopic (exact) mass is 297 g/mol. The number of aromatic nitrogens is 2. The van der Waals surface area contributed by atoms with Crippen molar-refractivity contribution in [2.24, 2.45) is 0 Å². The minimum absolute atomic E-state index is 0.0172. The van der Waals surface area contributed by atoms with E-state index in [2.05, 4.69) is 43.3 Å². The summed E-state index contributed by atoms with van der Waals surface area (Å²) < 4.78 is 1.94. The molecule has 1 N–H and O–H groups in total. The lowest BCUT2D eigenvalue weighted by atomic mass is 10.0. The van der Waals surface area contributed by atoms with Gasteiger partial charge in [-0.3, -0.25) is 4.79 Å². The molecule has 0 aliphatic heterocycles. The Balaban J connectivity index is 2.11. The summed E-state index contributed by atoms with van der Waals surface area (Å²) in [5.74, 6) is 0.240. The predicted molar refractivity (Wildman–Crippen MR) is 87.6 cm³/mol. The van der Waals surface area contributed by atoms with Crippen LogP contribution in [0.15, 0.2) is 24.3 Å². The lowest BCUT2D eigenvalue weighted by molar-refractivity contribution is 0.0949. The third-order valence-corrected chi connectivity index (χ3v) is 4.13. The Morgan fingerprint density at radius 2 is 1.95 bits per heavy atom. The number of nitrogens with one attached hydrogen (secondary N) is 1. The summed E-state index contributed by atoms with van der Waals surface area (Å²) in [6, 6.07) is 8.50. The van der Waals surface area contributed by atoms with Gasteiger partial charge in [0.2, 0.25) is 0 Å². The van der Waals surface area contributed by atoms with E-state index in [-0.39, 0.29) is 11.8 Å². The van der Waals surface area contributed by atoms with Gasteiger partial charge in [-0.15, -0.1) is 0 Å². The largest absolute Gasteiger partial charge is 0.349 e. The minimum atomic E-state index is 0.0172. The van der Waals surface area contributed by atoms with Gasteiger partial charge in [0, 0.05) is 6.04 Å². The van der Waals surface area contributed by atoms with E-state index in [0.717, 1.165) is 41.0 Å². The first-order valence-corrected chi connectivity index (χ1v) is 7.95. The third-order valence-electron chi connectivity index (χ3n) is 4.13. The van der Waals surface area contributed by atoms with Gasteiger partial charge < -0.3 is 5.32 Å². The van der Waals surface area contributed by atoms with Crippen molar-refractivity contribution in [2.75, 3.05) is 0 Å². The highest BCUT2D eigenvalue weighted by Crippen LogP contribution is 2.28. The average Bonchev–Trinajstić information content (AvgIpc) is 3.19. The van der Waals surface area contributed by atoms with Crippen molar-refractivity contribution >= 4 is 5.91 Å². The first-order chi connectivity index (χ1) is 10.5. The van der Waals surface area contributed by atoms with Gasteiger partial charge in [0.25, 0.3) is 5.91 Å². The maximum absolute atomic E-state index is 12.6. The summed E-state index contributed by atoms with van der Waals surface area (Å²) in [5.41, 5.74) is 4.72. The fraction of sp³-hybridized carbons (Fsp3) is 0.444. The molecule has 1 heterocycles. The number of aryl methyl sites for hydroxylation is 2. The second kappa shape index (κ2) is 5.59. The van der Waals surface area contributed by atoms with Crippen LogP contribution in [0.3, 0.4) is 0 Å². The van der Waals surface area contributed by atoms with Gasteiger partial charge in [-0.05, 0) is 44.2 Å². The Hall–Kier alpha value is -2.10. The topological polar surface area (TPSA) is 46.9 Å². The number of hydrogen-bond acceptors (Lipinski definition) is 2. The van der Waals surface area contributed by atoms with Crippen LogP contribution in [0.25, 0.3) is 5.69 Å². The van der Waals surface area contributed by atoms with E-state index < -0.39 is 0 Å². The van der Waals surface area contributed by atoms with Crippen LogP contribution in [0, 0.1) is 13.8 Å². The number of amides is 1. The number of benzene rings is 1. The normalized spacial score (nSPS) is 14.4. The van der Waals surface area contributed by atoms with E-state index in [9.17, 15) is 4.79 Å². The summed E-state index contributed by atoms with van der Waals surface area (Å²) in [5, 5.41) is 7.76. The number of carbonyl (C=O) groups is 1. The average molecular weight is 297 g/mol. The summed E-state index contributed by atoms with van der Waals surface area (Å²) in [4.78, 5) is 12.6. The molecule has 2 aromatic rings. The standard InChI is InChI=1S/C18H23N3O/c1-11(2)17-16(18(22)19-14-9-10-14)13(4)20-21(17)15-8-6-5-7-12(15)3/h5-8,11,14H,9-10H2,1-4H3,(H,19,22). The van der Waals surface area contributed by atoms with Crippen molar-refractivity contribution in [1.29, 1.82) is 0 Å². The van der Waals surface area contributed by atoms with Crippen LogP contribution < -0.4 is 5.32 Å². The van der Waals surface area contributed by atoms with E-state index in [1.807, 2.05) is 23.7 Å². The van der Waals surface area contributed by atoms with Crippen molar-refractivity contribution in [3.8, 4) is 5.69 Å². The molecule has 0 saturated heterocycles. The molecule has 0 bridgehead atoms. The van der Waals surface area contributed by atoms with E-state index in [1.165, 1.54) is 0 Å². The number of hydrogen-bond donors (Lipinski definition) is 1. The van der Waals surface area contributed by atoms with Crippen LogP contribution >= 0.6 is 0 Å². The van der Waals surface area contributed by atoms with Crippen LogP contribution in [-0.4, -0.2) is 21.7 Å². The van der Waals surface area contributed by atoms with Gasteiger partial charge >= 0.3 is 0 Å². The Kier molecular flexibility index (Phi) is 3.77. The first-order valence-electron chi connectivity index (χ1n) is 7.95. The van der Waals surface area contributed by atoms with E-state index in [4.69, 9.17) is 0 Å². The maximum atomic E-state index is 12.6. The molecule has 1 fully saturated rings. The van der Waals surface area contributed by atoms with Crippen LogP contribution in [0.2, 0.25) is 0 Å². The van der Waals surface area contributed by atoms with Crippen LogP contribution in [0.1, 0.15) is 59.9 Å². The van der Waals surface area contributed by atoms with Crippen molar-refractivity contribution in [3.05, 3.63) is 46.8 Å². The quantitative estimate of drug-likeness (QED) is 0.938. The molecule has 4 nitrogen and oxygen atoms in total. The smallest absolute Gasteiger partial charge is 0.255 e. The van der Waals surface area contributed by atoms with Crippen molar-refractivity contribution in [1.82, 2.24) is 15.1 Å². The summed E-state index contributed by atoms with van der Waals surface area (Å²) in [6.07, 6.45) is 2.18. The Bertz CT molecular complexity index is 711. The zero-order valence-electron chi connectivity index (χ0n) is 13.7. The highest BCUT2D eigenvalue weighted by Gasteiger charge is 2.29. The third kappa shape index (κ3) is 2.65. The van der Waals surface area contributed by atoms with Gasteiger partial charge in [0.1, 0.15) is 0 Å². The molecule has 0 unspecified atom stereocenters. The van der Waals surface area contributed by atoms with Crippen molar-refractivity contribution in [3.63, 3.8) is 0 Å². The Morgan fingerprint density at radius 1 is 1.27 bits per heavy atom.